The van der Waals surface area contributed by atoms with Gasteiger partial charge in [0.15, 0.2) is 0 Å². The first-order chi connectivity index (χ1) is 11.2. The van der Waals surface area contributed by atoms with E-state index in [-0.39, 0.29) is 17.5 Å². The fraction of sp³-hybridized carbons (Fsp3) is 0.562. The lowest BCUT2D eigenvalue weighted by atomic mass is 9.72. The molecule has 0 bridgehead atoms. The van der Waals surface area contributed by atoms with Crippen molar-refractivity contribution in [2.45, 2.75) is 25.6 Å². The van der Waals surface area contributed by atoms with Crippen LogP contribution in [-0.2, 0) is 12.7 Å². The maximum absolute atomic E-state index is 13.9. The summed E-state index contributed by atoms with van der Waals surface area (Å²) in [5, 5.41) is 8.90. The molecule has 0 radical (unpaired) electrons. The van der Waals surface area contributed by atoms with E-state index in [9.17, 15) is 22.4 Å². The van der Waals surface area contributed by atoms with E-state index in [0.29, 0.717) is 32.2 Å². The molecule has 1 N–H and O–H groups in total. The second-order valence-electron chi connectivity index (χ2n) is 6.72. The fourth-order valence-electron chi connectivity index (χ4n) is 3.49. The molecule has 1 aromatic carbocycles. The molecule has 1 aromatic rings. The highest BCUT2D eigenvalue weighted by Crippen LogP contribution is 2.40. The fourth-order valence-corrected chi connectivity index (χ4v) is 3.49. The lowest BCUT2D eigenvalue weighted by Gasteiger charge is -2.52. The van der Waals surface area contributed by atoms with Crippen LogP contribution in [0, 0.1) is 11.2 Å². The zero-order valence-electron chi connectivity index (χ0n) is 12.9. The molecule has 2 heterocycles. The molecular formula is C16H18F4N2O2. The molecule has 2 fully saturated rings. The number of rotatable bonds is 2. The Balaban J connectivity index is 1.56. The molecule has 24 heavy (non-hydrogen) atoms. The predicted molar refractivity (Wildman–Crippen MR) is 77.9 cm³/mol. The summed E-state index contributed by atoms with van der Waals surface area (Å²) in [5.41, 5.74) is -0.711. The van der Waals surface area contributed by atoms with Crippen molar-refractivity contribution in [2.24, 2.45) is 5.41 Å². The monoisotopic (exact) mass is 346 g/mol. The van der Waals surface area contributed by atoms with Gasteiger partial charge in [0.05, 0.1) is 5.56 Å². The SMILES string of the molecule is O=C(O)N1CC2(CCN(Cc3ccc(C(F)(F)F)cc3F)CC2)C1. The van der Waals surface area contributed by atoms with Crippen LogP contribution in [0.25, 0.3) is 0 Å². The van der Waals surface area contributed by atoms with E-state index >= 15 is 0 Å². The first kappa shape index (κ1) is 17.0. The molecule has 1 amide bonds. The van der Waals surface area contributed by atoms with Gasteiger partial charge in [-0.05, 0) is 38.1 Å². The third-order valence-electron chi connectivity index (χ3n) is 5.01. The van der Waals surface area contributed by atoms with E-state index in [1.54, 1.807) is 0 Å². The number of piperidine rings is 1. The number of likely N-dealkylation sites (tertiary alicyclic amines) is 2. The van der Waals surface area contributed by atoms with Crippen LogP contribution in [0.3, 0.4) is 0 Å². The van der Waals surface area contributed by atoms with Crippen LogP contribution in [0.15, 0.2) is 18.2 Å². The van der Waals surface area contributed by atoms with Gasteiger partial charge in [-0.3, -0.25) is 4.90 Å². The minimum atomic E-state index is -4.54. The van der Waals surface area contributed by atoms with E-state index < -0.39 is 23.7 Å². The first-order valence-corrected chi connectivity index (χ1v) is 7.74. The Labute approximate surface area is 136 Å². The molecule has 2 aliphatic heterocycles. The third kappa shape index (κ3) is 3.33. The largest absolute Gasteiger partial charge is 0.465 e. The number of halogens is 4. The zero-order chi connectivity index (χ0) is 17.5. The van der Waals surface area contributed by atoms with Crippen molar-refractivity contribution in [1.29, 1.82) is 0 Å². The summed E-state index contributed by atoms with van der Waals surface area (Å²) in [7, 11) is 0. The van der Waals surface area contributed by atoms with Crippen molar-refractivity contribution in [3.8, 4) is 0 Å². The maximum atomic E-state index is 13.9. The molecule has 0 aliphatic carbocycles. The summed E-state index contributed by atoms with van der Waals surface area (Å²) in [6.45, 7) is 2.71. The Morgan fingerprint density at radius 2 is 1.83 bits per heavy atom. The summed E-state index contributed by atoms with van der Waals surface area (Å²) in [6.07, 6.45) is -3.82. The highest BCUT2D eigenvalue weighted by Gasteiger charge is 2.46. The quantitative estimate of drug-likeness (QED) is 0.835. The van der Waals surface area contributed by atoms with E-state index in [0.717, 1.165) is 18.9 Å². The topological polar surface area (TPSA) is 43.8 Å². The summed E-state index contributed by atoms with van der Waals surface area (Å²) in [5.74, 6) is -0.842. The average molecular weight is 346 g/mol. The van der Waals surface area contributed by atoms with Gasteiger partial charge in [-0.15, -0.1) is 0 Å². The van der Waals surface area contributed by atoms with E-state index in [1.807, 2.05) is 4.90 Å². The van der Waals surface area contributed by atoms with Gasteiger partial charge in [-0.2, -0.15) is 13.2 Å². The Morgan fingerprint density at radius 1 is 1.21 bits per heavy atom. The summed E-state index contributed by atoms with van der Waals surface area (Å²) in [4.78, 5) is 14.2. The molecule has 1 spiro atoms. The number of hydrogen-bond donors (Lipinski definition) is 1. The van der Waals surface area contributed by atoms with Crippen LogP contribution in [0.5, 0.6) is 0 Å². The second kappa shape index (κ2) is 5.91. The Kier molecular flexibility index (Phi) is 4.19. The molecule has 8 heteroatoms. The number of carboxylic acid groups (broad SMARTS) is 1. The number of carbonyl (C=O) groups is 1. The second-order valence-corrected chi connectivity index (χ2v) is 6.72. The molecule has 2 saturated heterocycles. The number of nitrogens with zero attached hydrogens (tertiary/aromatic N) is 2. The molecule has 3 rings (SSSR count). The smallest absolute Gasteiger partial charge is 0.416 e. The van der Waals surface area contributed by atoms with Gasteiger partial charge in [-0.25, -0.2) is 9.18 Å². The van der Waals surface area contributed by atoms with Gasteiger partial charge < -0.3 is 10.0 Å². The van der Waals surface area contributed by atoms with Gasteiger partial charge in [-0.1, -0.05) is 6.07 Å². The van der Waals surface area contributed by atoms with Crippen LogP contribution in [0.2, 0.25) is 0 Å². The number of benzene rings is 1. The molecule has 4 nitrogen and oxygen atoms in total. The van der Waals surface area contributed by atoms with Gasteiger partial charge in [0.1, 0.15) is 5.82 Å². The normalized spacial score (nSPS) is 20.9. The Bertz CT molecular complexity index is 631. The van der Waals surface area contributed by atoms with Gasteiger partial charge in [0.25, 0.3) is 0 Å². The van der Waals surface area contributed by atoms with Crippen LogP contribution in [0.1, 0.15) is 24.0 Å². The third-order valence-corrected chi connectivity index (χ3v) is 5.01. The molecule has 132 valence electrons. The summed E-state index contributed by atoms with van der Waals surface area (Å²) in [6, 6.07) is 2.63. The zero-order valence-corrected chi connectivity index (χ0v) is 12.9. The average Bonchev–Trinajstić information content (AvgIpc) is 2.46. The Morgan fingerprint density at radius 3 is 2.33 bits per heavy atom. The molecule has 2 aliphatic rings. The minimum absolute atomic E-state index is 0.0214. The van der Waals surface area contributed by atoms with Crippen molar-refractivity contribution in [1.82, 2.24) is 9.80 Å². The van der Waals surface area contributed by atoms with Crippen molar-refractivity contribution in [2.75, 3.05) is 26.2 Å². The standard InChI is InChI=1S/C16H18F4N2O2/c17-13-7-12(16(18,19)20)2-1-11(13)8-21-5-3-15(4-6-21)9-22(10-15)14(23)24/h1-2,7H,3-6,8-10H2,(H,23,24). The van der Waals surface area contributed by atoms with Crippen LogP contribution >= 0.6 is 0 Å². The van der Waals surface area contributed by atoms with Crippen LogP contribution in [-0.4, -0.2) is 47.2 Å². The predicted octanol–water partition coefficient (Wildman–Crippen LogP) is 3.42. The number of amides is 1. The highest BCUT2D eigenvalue weighted by molar-refractivity contribution is 5.66. The van der Waals surface area contributed by atoms with Gasteiger partial charge in [0.2, 0.25) is 0 Å². The minimum Gasteiger partial charge on any atom is -0.465 e. The molecular weight excluding hydrogens is 328 g/mol. The maximum Gasteiger partial charge on any atom is 0.416 e. The van der Waals surface area contributed by atoms with Gasteiger partial charge in [0, 0.05) is 30.6 Å². The molecule has 0 atom stereocenters. The summed E-state index contributed by atoms with van der Waals surface area (Å²) < 4.78 is 51.6. The molecule has 0 aromatic heterocycles. The van der Waals surface area contributed by atoms with Crippen molar-refractivity contribution in [3.05, 3.63) is 35.1 Å². The first-order valence-electron chi connectivity index (χ1n) is 7.74. The van der Waals surface area contributed by atoms with E-state index in [2.05, 4.69) is 0 Å². The van der Waals surface area contributed by atoms with Crippen LogP contribution in [0.4, 0.5) is 22.4 Å². The Hall–Kier alpha value is -1.83. The number of hydrogen-bond acceptors (Lipinski definition) is 2. The van der Waals surface area contributed by atoms with Crippen molar-refractivity contribution < 1.29 is 27.5 Å². The van der Waals surface area contributed by atoms with E-state index in [4.69, 9.17) is 5.11 Å². The van der Waals surface area contributed by atoms with Gasteiger partial charge >= 0.3 is 12.3 Å². The molecule has 0 saturated carbocycles. The highest BCUT2D eigenvalue weighted by atomic mass is 19.4. The number of alkyl halides is 3. The van der Waals surface area contributed by atoms with Crippen molar-refractivity contribution in [3.63, 3.8) is 0 Å². The molecule has 0 unspecified atom stereocenters. The van der Waals surface area contributed by atoms with Crippen LogP contribution < -0.4 is 0 Å². The summed E-state index contributed by atoms with van der Waals surface area (Å²) >= 11 is 0. The lowest BCUT2D eigenvalue weighted by Crippen LogP contribution is -2.61. The van der Waals surface area contributed by atoms with E-state index in [1.165, 1.54) is 11.0 Å². The lowest BCUT2D eigenvalue weighted by molar-refractivity contribution is -0.137. The van der Waals surface area contributed by atoms with Crippen molar-refractivity contribution >= 4 is 6.09 Å².